The molecule has 148 valence electrons. The molecule has 3 rings (SSSR count). The van der Waals surface area contributed by atoms with Crippen LogP contribution < -0.4 is 10.6 Å². The first kappa shape index (κ1) is 20.3. The zero-order valence-electron chi connectivity index (χ0n) is 16.8. The highest BCUT2D eigenvalue weighted by Crippen LogP contribution is 2.27. The first-order valence-corrected chi connectivity index (χ1v) is 9.81. The lowest BCUT2D eigenvalue weighted by molar-refractivity contribution is 0.101. The summed E-state index contributed by atoms with van der Waals surface area (Å²) in [7, 11) is 0. The lowest BCUT2D eigenvalue weighted by Gasteiger charge is -2.19. The van der Waals surface area contributed by atoms with Crippen molar-refractivity contribution in [3.05, 3.63) is 101 Å². The van der Waals surface area contributed by atoms with Crippen molar-refractivity contribution in [3.63, 3.8) is 0 Å². The zero-order valence-corrected chi connectivity index (χ0v) is 16.8. The first-order valence-electron chi connectivity index (χ1n) is 9.81. The van der Waals surface area contributed by atoms with Crippen LogP contribution in [0.4, 0.5) is 10.5 Å². The molecule has 0 fully saturated rings. The number of urea groups is 1. The molecule has 0 spiro atoms. The van der Waals surface area contributed by atoms with E-state index in [1.807, 2.05) is 49.4 Å². The minimum absolute atomic E-state index is 0.0259. The number of rotatable bonds is 7. The van der Waals surface area contributed by atoms with E-state index < -0.39 is 0 Å². The van der Waals surface area contributed by atoms with Gasteiger partial charge < -0.3 is 10.6 Å². The molecule has 0 atom stereocenters. The number of amides is 2. The van der Waals surface area contributed by atoms with Gasteiger partial charge in [0.25, 0.3) is 0 Å². The Morgan fingerprint density at radius 3 is 2.00 bits per heavy atom. The van der Waals surface area contributed by atoms with Gasteiger partial charge in [-0.25, -0.2) is 4.79 Å². The molecular weight excluding hydrogens is 360 g/mol. The van der Waals surface area contributed by atoms with E-state index in [0.717, 1.165) is 12.0 Å². The summed E-state index contributed by atoms with van der Waals surface area (Å²) >= 11 is 0. The number of hydrogen-bond acceptors (Lipinski definition) is 2. The van der Waals surface area contributed by atoms with Crippen molar-refractivity contribution in [1.29, 1.82) is 0 Å². The Morgan fingerprint density at radius 1 is 0.862 bits per heavy atom. The third-order valence-corrected chi connectivity index (χ3v) is 5.01. The van der Waals surface area contributed by atoms with Gasteiger partial charge in [0.1, 0.15) is 0 Å². The molecule has 3 aromatic carbocycles. The molecule has 4 nitrogen and oxygen atoms in total. The van der Waals surface area contributed by atoms with Crippen molar-refractivity contribution in [1.82, 2.24) is 5.32 Å². The average molecular weight is 386 g/mol. The van der Waals surface area contributed by atoms with Crippen LogP contribution in [0.25, 0.3) is 0 Å². The molecular formula is C25H26N2O2. The SMILES string of the molecule is CC(=O)c1ccc(C)c(NC(=O)NCCC(c2ccccc2)c2ccccc2)c1. The van der Waals surface area contributed by atoms with Crippen molar-refractivity contribution in [2.45, 2.75) is 26.2 Å². The van der Waals surface area contributed by atoms with Crippen LogP contribution in [0.15, 0.2) is 78.9 Å². The normalized spacial score (nSPS) is 10.6. The van der Waals surface area contributed by atoms with Gasteiger partial charge in [-0.1, -0.05) is 72.8 Å². The summed E-state index contributed by atoms with van der Waals surface area (Å²) < 4.78 is 0. The van der Waals surface area contributed by atoms with Gasteiger partial charge in [-0.3, -0.25) is 4.79 Å². The highest BCUT2D eigenvalue weighted by atomic mass is 16.2. The van der Waals surface area contributed by atoms with Gasteiger partial charge in [-0.15, -0.1) is 0 Å². The van der Waals surface area contributed by atoms with E-state index in [4.69, 9.17) is 0 Å². The number of Topliss-reactive ketones (excluding diaryl/α,β-unsaturated/α-hetero) is 1. The third kappa shape index (κ3) is 5.55. The van der Waals surface area contributed by atoms with E-state index >= 15 is 0 Å². The molecule has 0 saturated heterocycles. The molecule has 0 heterocycles. The molecule has 0 radical (unpaired) electrons. The fraction of sp³-hybridized carbons (Fsp3) is 0.200. The number of nitrogens with one attached hydrogen (secondary N) is 2. The second-order valence-corrected chi connectivity index (χ2v) is 7.13. The van der Waals surface area contributed by atoms with Crippen molar-refractivity contribution >= 4 is 17.5 Å². The Balaban J connectivity index is 1.63. The van der Waals surface area contributed by atoms with E-state index in [1.165, 1.54) is 18.1 Å². The zero-order chi connectivity index (χ0) is 20.6. The van der Waals surface area contributed by atoms with E-state index in [-0.39, 0.29) is 17.7 Å². The second kappa shape index (κ2) is 9.69. The fourth-order valence-corrected chi connectivity index (χ4v) is 3.37. The van der Waals surface area contributed by atoms with Gasteiger partial charge in [0, 0.05) is 23.7 Å². The third-order valence-electron chi connectivity index (χ3n) is 5.01. The highest BCUT2D eigenvalue weighted by molar-refractivity contribution is 5.97. The van der Waals surface area contributed by atoms with Gasteiger partial charge in [0.2, 0.25) is 0 Å². The first-order chi connectivity index (χ1) is 14.0. The van der Waals surface area contributed by atoms with Crippen LogP contribution in [0.2, 0.25) is 0 Å². The van der Waals surface area contributed by atoms with Crippen molar-refractivity contribution in [2.75, 3.05) is 11.9 Å². The Labute approximate surface area is 172 Å². The summed E-state index contributed by atoms with van der Waals surface area (Å²) in [6.07, 6.45) is 0.786. The Hall–Kier alpha value is -3.40. The van der Waals surface area contributed by atoms with Crippen LogP contribution in [0.5, 0.6) is 0 Å². The van der Waals surface area contributed by atoms with Gasteiger partial charge in [0.05, 0.1) is 0 Å². The summed E-state index contributed by atoms with van der Waals surface area (Å²) in [5.41, 5.74) is 4.60. The fourth-order valence-electron chi connectivity index (χ4n) is 3.37. The maximum Gasteiger partial charge on any atom is 0.319 e. The van der Waals surface area contributed by atoms with E-state index in [1.54, 1.807) is 12.1 Å². The minimum atomic E-state index is -0.270. The average Bonchev–Trinajstić information content (AvgIpc) is 2.74. The van der Waals surface area contributed by atoms with E-state index in [2.05, 4.69) is 34.9 Å². The van der Waals surface area contributed by atoms with Crippen molar-refractivity contribution < 1.29 is 9.59 Å². The van der Waals surface area contributed by atoms with Crippen molar-refractivity contribution in [2.24, 2.45) is 0 Å². The summed E-state index contributed by atoms with van der Waals surface area (Å²) in [6.45, 7) is 3.95. The maximum absolute atomic E-state index is 12.4. The quantitative estimate of drug-likeness (QED) is 0.524. The number of carbonyl (C=O) groups excluding carboxylic acids is 2. The van der Waals surface area contributed by atoms with Crippen LogP contribution >= 0.6 is 0 Å². The van der Waals surface area contributed by atoms with Crippen LogP contribution in [-0.4, -0.2) is 18.4 Å². The Kier molecular flexibility index (Phi) is 6.80. The maximum atomic E-state index is 12.4. The summed E-state index contributed by atoms with van der Waals surface area (Å²) in [6, 6.07) is 25.7. The molecule has 0 unspecified atom stereocenters. The minimum Gasteiger partial charge on any atom is -0.338 e. The lowest BCUT2D eigenvalue weighted by Crippen LogP contribution is -2.30. The van der Waals surface area contributed by atoms with Gasteiger partial charge >= 0.3 is 6.03 Å². The van der Waals surface area contributed by atoms with Gasteiger partial charge in [-0.2, -0.15) is 0 Å². The van der Waals surface area contributed by atoms with Gasteiger partial charge in [-0.05, 0) is 43.0 Å². The van der Waals surface area contributed by atoms with Crippen LogP contribution in [-0.2, 0) is 0 Å². The predicted octanol–water partition coefficient (Wildman–Crippen LogP) is 5.54. The van der Waals surface area contributed by atoms with Crippen molar-refractivity contribution in [3.8, 4) is 0 Å². The second-order valence-electron chi connectivity index (χ2n) is 7.13. The number of anilines is 1. The molecule has 29 heavy (non-hydrogen) atoms. The van der Waals surface area contributed by atoms with E-state index in [9.17, 15) is 9.59 Å². The lowest BCUT2D eigenvalue weighted by atomic mass is 9.88. The number of hydrogen-bond donors (Lipinski definition) is 2. The number of ketones is 1. The van der Waals surface area contributed by atoms with Crippen LogP contribution in [0.3, 0.4) is 0 Å². The summed E-state index contributed by atoms with van der Waals surface area (Å²) in [5.74, 6) is 0.183. The predicted molar refractivity (Wildman–Crippen MR) is 118 cm³/mol. The highest BCUT2D eigenvalue weighted by Gasteiger charge is 2.14. The summed E-state index contributed by atoms with van der Waals surface area (Å²) in [4.78, 5) is 24.0. The molecule has 0 bridgehead atoms. The molecule has 0 aliphatic heterocycles. The topological polar surface area (TPSA) is 58.2 Å². The number of benzene rings is 3. The molecule has 0 saturated carbocycles. The summed E-state index contributed by atoms with van der Waals surface area (Å²) in [5, 5.41) is 5.80. The Bertz CT molecular complexity index is 929. The van der Waals surface area contributed by atoms with Crippen LogP contribution in [0.1, 0.15) is 46.3 Å². The molecule has 3 aromatic rings. The molecule has 2 N–H and O–H groups in total. The molecule has 0 aromatic heterocycles. The van der Waals surface area contributed by atoms with Crippen LogP contribution in [0, 0.1) is 6.92 Å². The van der Waals surface area contributed by atoms with E-state index in [0.29, 0.717) is 17.8 Å². The monoisotopic (exact) mass is 386 g/mol. The molecule has 0 aliphatic carbocycles. The molecule has 0 aliphatic rings. The van der Waals surface area contributed by atoms with Gasteiger partial charge in [0.15, 0.2) is 5.78 Å². The number of aryl methyl sites for hydroxylation is 1. The smallest absolute Gasteiger partial charge is 0.319 e. The molecule has 2 amide bonds. The molecule has 4 heteroatoms. The number of carbonyl (C=O) groups is 2. The largest absolute Gasteiger partial charge is 0.338 e. The Morgan fingerprint density at radius 2 is 1.45 bits per heavy atom. The standard InChI is InChI=1S/C25H26N2O2/c1-18-13-14-22(19(2)28)17-24(18)27-25(29)26-16-15-23(20-9-5-3-6-10-20)21-11-7-4-8-12-21/h3-14,17,23H,15-16H2,1-2H3,(H2,26,27,29).